The summed E-state index contributed by atoms with van der Waals surface area (Å²) in [4.78, 5) is 5.42. The lowest BCUT2D eigenvalue weighted by molar-refractivity contribution is 0.195. The van der Waals surface area contributed by atoms with Gasteiger partial charge in [0.2, 0.25) is 0 Å². The van der Waals surface area contributed by atoms with Crippen molar-refractivity contribution < 1.29 is 0 Å². The van der Waals surface area contributed by atoms with Crippen molar-refractivity contribution in [3.8, 4) is 0 Å². The summed E-state index contributed by atoms with van der Waals surface area (Å²) >= 11 is 0. The van der Waals surface area contributed by atoms with Crippen molar-refractivity contribution >= 4 is 51.5 Å². The summed E-state index contributed by atoms with van der Waals surface area (Å²) in [6, 6.07) is 28.6. The first-order valence-corrected chi connectivity index (χ1v) is 15.6. The lowest BCUT2D eigenvalue weighted by Gasteiger charge is -2.53. The third-order valence-corrected chi connectivity index (χ3v) is 11.2. The molecule has 0 aromatic heterocycles. The number of hydrogen-bond donors (Lipinski definition) is 0. The molecule has 0 bridgehead atoms. The molecule has 0 spiro atoms. The highest BCUT2D eigenvalue weighted by Gasteiger charge is 2.61. The van der Waals surface area contributed by atoms with Crippen LogP contribution in [-0.4, -0.2) is 12.3 Å². The molecule has 0 radical (unpaired) electrons. The molecule has 1 fully saturated rings. The summed E-state index contributed by atoms with van der Waals surface area (Å²) in [6.07, 6.45) is 5.10. The van der Waals surface area contributed by atoms with Gasteiger partial charge in [-0.1, -0.05) is 83.0 Å². The Morgan fingerprint density at radius 2 is 1.46 bits per heavy atom. The van der Waals surface area contributed by atoms with E-state index in [4.69, 9.17) is 0 Å². The number of benzene rings is 4. The fraction of sp³-hybridized carbons (Fsp3) is 0.368. The van der Waals surface area contributed by atoms with Crippen molar-refractivity contribution in [3.05, 3.63) is 95.1 Å². The normalized spacial score (nSPS) is 23.6. The molecular formula is C38H41BN2. The van der Waals surface area contributed by atoms with E-state index in [9.17, 15) is 0 Å². The van der Waals surface area contributed by atoms with Gasteiger partial charge in [0.05, 0.1) is 5.54 Å². The zero-order valence-electron chi connectivity index (χ0n) is 25.7. The summed E-state index contributed by atoms with van der Waals surface area (Å²) in [6.45, 7) is 16.9. The van der Waals surface area contributed by atoms with E-state index in [0.717, 1.165) is 0 Å². The zero-order chi connectivity index (χ0) is 28.5. The van der Waals surface area contributed by atoms with Gasteiger partial charge in [-0.25, -0.2) is 0 Å². The third-order valence-electron chi connectivity index (χ3n) is 11.2. The SMILES string of the molecule is Cc1cccc(N2c3cc(C)ccc3B3c4cccc5c4N(c4cc(C(C)(C)C)cc2c43)C2(C)CCCCC52C)c1. The lowest BCUT2D eigenvalue weighted by atomic mass is 9.33. The van der Waals surface area contributed by atoms with Gasteiger partial charge in [0, 0.05) is 33.9 Å². The molecule has 3 aliphatic heterocycles. The standard InChI is InChI=1S/C38H41BN2/c1-24-12-10-13-27(20-24)40-31-21-25(2)16-17-29(31)39-30-15-11-14-28-35(30)41(38(7)19-9-8-18-37(28,38)6)33-23-26(36(3,4)5)22-32(40)34(33)39/h10-17,20-23H,8-9,18-19H2,1-7H3. The molecule has 0 N–H and O–H groups in total. The summed E-state index contributed by atoms with van der Waals surface area (Å²) in [7, 11) is 0. The second-order valence-corrected chi connectivity index (χ2v) is 14.7. The number of rotatable bonds is 1. The molecule has 8 rings (SSSR count). The molecule has 0 amide bonds. The number of aryl methyl sites for hydroxylation is 2. The Balaban J connectivity index is 1.53. The molecule has 41 heavy (non-hydrogen) atoms. The summed E-state index contributed by atoms with van der Waals surface area (Å²) < 4.78 is 0. The maximum atomic E-state index is 2.84. The van der Waals surface area contributed by atoms with Crippen molar-refractivity contribution in [1.29, 1.82) is 0 Å². The first-order chi connectivity index (χ1) is 19.5. The predicted octanol–water partition coefficient (Wildman–Crippen LogP) is 7.96. The Hall–Kier alpha value is -3.46. The summed E-state index contributed by atoms with van der Waals surface area (Å²) in [5, 5.41) is 0. The average molecular weight is 537 g/mol. The van der Waals surface area contributed by atoms with Crippen LogP contribution in [0.15, 0.2) is 72.8 Å². The first-order valence-electron chi connectivity index (χ1n) is 15.6. The molecule has 4 aromatic rings. The van der Waals surface area contributed by atoms with Crippen LogP contribution in [0.2, 0.25) is 0 Å². The molecule has 1 aliphatic carbocycles. The van der Waals surface area contributed by atoms with E-state index in [-0.39, 0.29) is 23.1 Å². The highest BCUT2D eigenvalue weighted by molar-refractivity contribution is 7.00. The minimum absolute atomic E-state index is 0.0302. The van der Waals surface area contributed by atoms with Gasteiger partial charge in [0.15, 0.2) is 0 Å². The van der Waals surface area contributed by atoms with E-state index < -0.39 is 0 Å². The van der Waals surface area contributed by atoms with Gasteiger partial charge in [0.1, 0.15) is 0 Å². The summed E-state index contributed by atoms with van der Waals surface area (Å²) in [5.74, 6) is 0. The largest absolute Gasteiger partial charge is 0.335 e. The summed E-state index contributed by atoms with van der Waals surface area (Å²) in [5.41, 5.74) is 17.1. The van der Waals surface area contributed by atoms with Gasteiger partial charge in [-0.05, 0) is 108 Å². The Morgan fingerprint density at radius 1 is 0.732 bits per heavy atom. The van der Waals surface area contributed by atoms with E-state index in [0.29, 0.717) is 0 Å². The van der Waals surface area contributed by atoms with Gasteiger partial charge in [-0.3, -0.25) is 0 Å². The minimum atomic E-state index is 0.0302. The molecule has 206 valence electrons. The Kier molecular flexibility index (Phi) is 4.99. The Labute approximate surface area is 246 Å². The fourth-order valence-electron chi connectivity index (χ4n) is 8.87. The number of hydrogen-bond acceptors (Lipinski definition) is 2. The van der Waals surface area contributed by atoms with Crippen LogP contribution in [0.1, 0.15) is 82.6 Å². The molecule has 3 heteroatoms. The third kappa shape index (κ3) is 3.16. The van der Waals surface area contributed by atoms with Gasteiger partial charge in [-0.2, -0.15) is 0 Å². The van der Waals surface area contributed by atoms with Crippen LogP contribution in [0.25, 0.3) is 0 Å². The number of nitrogens with zero attached hydrogens (tertiary/aromatic N) is 2. The van der Waals surface area contributed by atoms with Gasteiger partial charge in [0.25, 0.3) is 6.71 Å². The van der Waals surface area contributed by atoms with Crippen molar-refractivity contribution in [2.75, 3.05) is 9.80 Å². The monoisotopic (exact) mass is 536 g/mol. The smallest absolute Gasteiger partial charge is 0.252 e. The molecule has 2 atom stereocenters. The zero-order valence-corrected chi connectivity index (χ0v) is 25.7. The molecular weight excluding hydrogens is 495 g/mol. The fourth-order valence-corrected chi connectivity index (χ4v) is 8.87. The van der Waals surface area contributed by atoms with Crippen molar-refractivity contribution in [3.63, 3.8) is 0 Å². The topological polar surface area (TPSA) is 6.48 Å². The first kappa shape index (κ1) is 25.3. The van der Waals surface area contributed by atoms with E-state index >= 15 is 0 Å². The van der Waals surface area contributed by atoms with Crippen molar-refractivity contribution in [2.24, 2.45) is 0 Å². The van der Waals surface area contributed by atoms with Crippen LogP contribution < -0.4 is 26.2 Å². The maximum absolute atomic E-state index is 2.84. The van der Waals surface area contributed by atoms with Gasteiger partial charge in [-0.15, -0.1) is 0 Å². The van der Waals surface area contributed by atoms with Gasteiger partial charge >= 0.3 is 0 Å². The number of anilines is 5. The highest BCUT2D eigenvalue weighted by atomic mass is 15.3. The van der Waals surface area contributed by atoms with E-state index in [2.05, 4.69) is 131 Å². The van der Waals surface area contributed by atoms with Crippen molar-refractivity contribution in [1.82, 2.24) is 0 Å². The van der Waals surface area contributed by atoms with Crippen LogP contribution in [-0.2, 0) is 10.8 Å². The predicted molar refractivity (Wildman–Crippen MR) is 177 cm³/mol. The van der Waals surface area contributed by atoms with Crippen LogP contribution >= 0.6 is 0 Å². The molecule has 4 aliphatic rings. The molecule has 2 nitrogen and oxygen atoms in total. The Bertz CT molecular complexity index is 1760. The molecule has 3 heterocycles. The van der Waals surface area contributed by atoms with E-state index in [1.165, 1.54) is 87.2 Å². The van der Waals surface area contributed by atoms with Gasteiger partial charge < -0.3 is 9.80 Å². The molecule has 2 unspecified atom stereocenters. The molecule has 4 aromatic carbocycles. The maximum Gasteiger partial charge on any atom is 0.252 e. The number of para-hydroxylation sites is 1. The minimum Gasteiger partial charge on any atom is -0.335 e. The quantitative estimate of drug-likeness (QED) is 0.201. The second kappa shape index (κ2) is 8.09. The van der Waals surface area contributed by atoms with E-state index in [1.54, 1.807) is 5.56 Å². The van der Waals surface area contributed by atoms with Crippen LogP contribution in [0.4, 0.5) is 28.4 Å². The molecule has 1 saturated carbocycles. The van der Waals surface area contributed by atoms with Crippen LogP contribution in [0, 0.1) is 13.8 Å². The van der Waals surface area contributed by atoms with Crippen LogP contribution in [0.5, 0.6) is 0 Å². The van der Waals surface area contributed by atoms with Crippen molar-refractivity contribution in [2.45, 2.75) is 90.5 Å². The second-order valence-electron chi connectivity index (χ2n) is 14.7. The number of fused-ring (bicyclic) bond motifs is 7. The lowest BCUT2D eigenvalue weighted by Crippen LogP contribution is -2.64. The van der Waals surface area contributed by atoms with Crippen LogP contribution in [0.3, 0.4) is 0 Å². The highest BCUT2D eigenvalue weighted by Crippen LogP contribution is 2.61. The Morgan fingerprint density at radius 3 is 2.24 bits per heavy atom. The van der Waals surface area contributed by atoms with E-state index in [1.807, 2.05) is 0 Å². The average Bonchev–Trinajstić information content (AvgIpc) is 3.14. The molecule has 0 saturated heterocycles.